The van der Waals surface area contributed by atoms with Gasteiger partial charge >= 0.3 is 0 Å². The number of likely N-dealkylation sites (N-methyl/N-ethyl adjacent to an activating group) is 1. The Morgan fingerprint density at radius 1 is 1.12 bits per heavy atom. The van der Waals surface area contributed by atoms with Crippen molar-refractivity contribution in [2.45, 2.75) is 6.42 Å². The summed E-state index contributed by atoms with van der Waals surface area (Å²) in [5, 5.41) is 10.7. The van der Waals surface area contributed by atoms with Gasteiger partial charge in [-0.05, 0) is 67.2 Å². The molecule has 5 nitrogen and oxygen atoms in total. The van der Waals surface area contributed by atoms with Gasteiger partial charge in [-0.3, -0.25) is 0 Å². The van der Waals surface area contributed by atoms with Crippen molar-refractivity contribution in [3.63, 3.8) is 0 Å². The van der Waals surface area contributed by atoms with Crippen LogP contribution in [0.15, 0.2) is 66.2 Å². The molecule has 164 valence electrons. The number of hydrogen-bond acceptors (Lipinski definition) is 5. The summed E-state index contributed by atoms with van der Waals surface area (Å²) < 4.78 is 17.6. The van der Waals surface area contributed by atoms with Crippen molar-refractivity contribution in [2.75, 3.05) is 40.5 Å². The minimum Gasteiger partial charge on any atom is -0.512 e. The zero-order chi connectivity index (χ0) is 22.1. The maximum absolute atomic E-state index is 10.7. The largest absolute Gasteiger partial charge is 0.512 e. The fourth-order valence-corrected chi connectivity index (χ4v) is 4.32. The van der Waals surface area contributed by atoms with Gasteiger partial charge in [0.25, 0.3) is 0 Å². The van der Waals surface area contributed by atoms with Gasteiger partial charge in [-0.2, -0.15) is 0 Å². The molecule has 0 atom stereocenters. The fourth-order valence-electron chi connectivity index (χ4n) is 4.32. The molecule has 1 aliphatic carbocycles. The van der Waals surface area contributed by atoms with Crippen molar-refractivity contribution >= 4 is 11.6 Å². The quantitative estimate of drug-likeness (QED) is 0.725. The lowest BCUT2D eigenvalue weighted by molar-refractivity contribution is 0.261. The lowest BCUT2D eigenvalue weighted by Gasteiger charge is -2.24. The van der Waals surface area contributed by atoms with Crippen LogP contribution in [0.25, 0.3) is 22.8 Å². The van der Waals surface area contributed by atoms with Crippen LogP contribution in [0.3, 0.4) is 0 Å². The van der Waals surface area contributed by atoms with E-state index >= 15 is 0 Å². The minimum absolute atomic E-state index is 0.324. The third-order valence-corrected chi connectivity index (χ3v) is 5.86. The standard InChI is InChI=1S/C27H27NO4/c1-28(2)10-13-31-22-7-5-18(6-8-22)23-15-20-4-3-11-32-27(20)24-16-21(29)14-19-9-12-30-17-25(19)26(23)24/h3-9,14-15,17,29H,10-13,16H2,1-2H3. The van der Waals surface area contributed by atoms with E-state index in [2.05, 4.69) is 29.2 Å². The second kappa shape index (κ2) is 8.60. The summed E-state index contributed by atoms with van der Waals surface area (Å²) in [6.07, 6.45) is 10.2. The van der Waals surface area contributed by atoms with E-state index in [0.717, 1.165) is 57.0 Å². The molecule has 0 fully saturated rings. The average molecular weight is 430 g/mol. The third-order valence-electron chi connectivity index (χ3n) is 5.86. The molecule has 0 unspecified atom stereocenters. The second-order valence-electron chi connectivity index (χ2n) is 8.42. The van der Waals surface area contributed by atoms with E-state index in [-0.39, 0.29) is 0 Å². The van der Waals surface area contributed by atoms with Crippen molar-refractivity contribution in [3.05, 3.63) is 82.8 Å². The van der Waals surface area contributed by atoms with Crippen molar-refractivity contribution in [1.82, 2.24) is 4.90 Å². The van der Waals surface area contributed by atoms with Crippen molar-refractivity contribution < 1.29 is 19.3 Å². The van der Waals surface area contributed by atoms with Gasteiger partial charge in [0.1, 0.15) is 31.3 Å². The van der Waals surface area contributed by atoms with Gasteiger partial charge < -0.3 is 24.2 Å². The molecule has 2 heterocycles. The van der Waals surface area contributed by atoms with Crippen LogP contribution < -0.4 is 9.47 Å². The molecule has 1 N–H and O–H groups in total. The maximum Gasteiger partial charge on any atom is 0.131 e. The minimum atomic E-state index is 0.324. The summed E-state index contributed by atoms with van der Waals surface area (Å²) in [4.78, 5) is 2.10. The van der Waals surface area contributed by atoms with Crippen LogP contribution in [0.2, 0.25) is 0 Å². The van der Waals surface area contributed by atoms with E-state index in [0.29, 0.717) is 32.0 Å². The van der Waals surface area contributed by atoms with Crippen LogP contribution in [-0.4, -0.2) is 50.5 Å². The molecule has 0 bridgehead atoms. The molecule has 0 saturated heterocycles. The van der Waals surface area contributed by atoms with Gasteiger partial charge in [0, 0.05) is 35.2 Å². The summed E-state index contributed by atoms with van der Waals surface area (Å²) in [7, 11) is 4.07. The Morgan fingerprint density at radius 2 is 1.97 bits per heavy atom. The normalized spacial score (nSPS) is 16.4. The predicted octanol–water partition coefficient (Wildman–Crippen LogP) is 5.00. The summed E-state index contributed by atoms with van der Waals surface area (Å²) in [5.41, 5.74) is 7.17. The molecule has 2 aliphatic heterocycles. The molecule has 32 heavy (non-hydrogen) atoms. The fraction of sp³-hybridized carbons (Fsp3) is 0.259. The molecule has 0 amide bonds. The molecule has 0 aromatic heterocycles. The van der Waals surface area contributed by atoms with Gasteiger partial charge in [-0.25, -0.2) is 0 Å². The van der Waals surface area contributed by atoms with Gasteiger partial charge in [0.2, 0.25) is 0 Å². The van der Waals surface area contributed by atoms with Crippen molar-refractivity contribution in [1.29, 1.82) is 0 Å². The maximum atomic E-state index is 10.7. The van der Waals surface area contributed by atoms with E-state index in [1.807, 2.05) is 44.5 Å². The van der Waals surface area contributed by atoms with Crippen LogP contribution in [0.5, 0.6) is 11.5 Å². The summed E-state index contributed by atoms with van der Waals surface area (Å²) in [6, 6.07) is 10.4. The van der Waals surface area contributed by atoms with Crippen molar-refractivity contribution in [2.24, 2.45) is 0 Å². The van der Waals surface area contributed by atoms with Gasteiger partial charge in [0.15, 0.2) is 0 Å². The van der Waals surface area contributed by atoms with Gasteiger partial charge in [-0.1, -0.05) is 18.2 Å². The molecule has 0 spiro atoms. The Balaban J connectivity index is 1.61. The second-order valence-corrected chi connectivity index (χ2v) is 8.42. The highest BCUT2D eigenvalue weighted by atomic mass is 16.5. The molecule has 0 saturated carbocycles. The Hall–Kier alpha value is -3.44. The topological polar surface area (TPSA) is 51.2 Å². The van der Waals surface area contributed by atoms with Gasteiger partial charge in [0.05, 0.1) is 12.0 Å². The van der Waals surface area contributed by atoms with E-state index in [1.54, 1.807) is 6.26 Å². The number of aliphatic hydroxyl groups excluding tert-OH is 1. The van der Waals surface area contributed by atoms with Crippen LogP contribution in [-0.2, 0) is 11.2 Å². The number of allylic oxidation sites excluding steroid dienone is 4. The zero-order valence-corrected chi connectivity index (χ0v) is 18.4. The number of benzene rings is 2. The van der Waals surface area contributed by atoms with Crippen LogP contribution in [0.1, 0.15) is 16.7 Å². The number of ether oxygens (including phenoxy) is 3. The number of rotatable bonds is 5. The average Bonchev–Trinajstić information content (AvgIpc) is 2.95. The summed E-state index contributed by atoms with van der Waals surface area (Å²) in [6.45, 7) is 2.54. The highest BCUT2D eigenvalue weighted by Crippen LogP contribution is 2.46. The van der Waals surface area contributed by atoms with Crippen LogP contribution in [0.4, 0.5) is 0 Å². The Morgan fingerprint density at radius 3 is 2.78 bits per heavy atom. The first-order valence-electron chi connectivity index (χ1n) is 10.9. The predicted molar refractivity (Wildman–Crippen MR) is 127 cm³/mol. The zero-order valence-electron chi connectivity index (χ0n) is 18.4. The Bertz CT molecular complexity index is 1150. The van der Waals surface area contributed by atoms with Crippen molar-refractivity contribution in [3.8, 4) is 22.6 Å². The van der Waals surface area contributed by atoms with Crippen LogP contribution >= 0.6 is 0 Å². The smallest absolute Gasteiger partial charge is 0.131 e. The SMILES string of the molecule is CN(C)CCOc1ccc(-c2cc3c(c4c2C2=COCC=C2C=C(O)C4)OCC=C3)cc1. The molecule has 3 aliphatic rings. The lowest BCUT2D eigenvalue weighted by atomic mass is 9.85. The van der Waals surface area contributed by atoms with E-state index in [9.17, 15) is 5.11 Å². The first kappa shape index (κ1) is 20.5. The molecule has 2 aromatic rings. The first-order valence-corrected chi connectivity index (χ1v) is 10.9. The van der Waals surface area contributed by atoms with E-state index in [4.69, 9.17) is 14.2 Å². The summed E-state index contributed by atoms with van der Waals surface area (Å²) in [5.74, 6) is 2.01. The van der Waals surface area contributed by atoms with Gasteiger partial charge in [-0.15, -0.1) is 0 Å². The van der Waals surface area contributed by atoms with E-state index < -0.39 is 0 Å². The number of nitrogens with zero attached hydrogens (tertiary/aromatic N) is 1. The highest BCUT2D eigenvalue weighted by Gasteiger charge is 2.28. The molecular weight excluding hydrogens is 402 g/mol. The number of fused-ring (bicyclic) bond motifs is 5. The molecule has 5 heteroatoms. The highest BCUT2D eigenvalue weighted by molar-refractivity contribution is 5.95. The Labute approximate surface area is 188 Å². The molecule has 0 radical (unpaired) electrons. The lowest BCUT2D eigenvalue weighted by Crippen LogP contribution is -2.19. The van der Waals surface area contributed by atoms with E-state index in [1.165, 1.54) is 0 Å². The molecule has 5 rings (SSSR count). The monoisotopic (exact) mass is 429 g/mol. The molecular formula is C27H27NO4. The number of aliphatic hydroxyl groups is 1. The van der Waals surface area contributed by atoms with Crippen LogP contribution in [0, 0.1) is 0 Å². The molecule has 2 aromatic carbocycles. The third kappa shape index (κ3) is 3.92. The number of hydrogen-bond donors (Lipinski definition) is 1. The Kier molecular flexibility index (Phi) is 5.50. The summed E-state index contributed by atoms with van der Waals surface area (Å²) >= 11 is 0. The first-order chi connectivity index (χ1) is 15.6.